The second-order valence-corrected chi connectivity index (χ2v) is 5.44. The van der Waals surface area contributed by atoms with Crippen molar-refractivity contribution in [3.05, 3.63) is 41.0 Å². The third kappa shape index (κ3) is 1.82. The van der Waals surface area contributed by atoms with Crippen LogP contribution in [0.5, 0.6) is 0 Å². The van der Waals surface area contributed by atoms with E-state index in [1.165, 1.54) is 6.07 Å². The van der Waals surface area contributed by atoms with E-state index in [0.717, 1.165) is 0 Å². The molecule has 0 amide bonds. The van der Waals surface area contributed by atoms with Gasteiger partial charge in [-0.15, -0.1) is 0 Å². The molecule has 0 unspecified atom stereocenters. The minimum absolute atomic E-state index is 0.0221. The second kappa shape index (κ2) is 4.38. The molecular formula is C15H19F2N. The highest BCUT2D eigenvalue weighted by Crippen LogP contribution is 2.38. The average molecular weight is 251 g/mol. The average Bonchev–Trinajstić information content (AvgIpc) is 2.62. The normalized spacial score (nSPS) is 14.9. The highest BCUT2D eigenvalue weighted by Gasteiger charge is 2.31. The topological polar surface area (TPSA) is 3.24 Å². The first-order chi connectivity index (χ1) is 8.34. The van der Waals surface area contributed by atoms with Crippen LogP contribution in [0.2, 0.25) is 0 Å². The predicted octanol–water partition coefficient (Wildman–Crippen LogP) is 4.28. The molecule has 3 heteroatoms. The van der Waals surface area contributed by atoms with Crippen LogP contribution in [0.1, 0.15) is 50.3 Å². The number of rotatable bonds is 2. The number of nitrogens with zero attached hydrogens (tertiary/aromatic N) is 1. The molecule has 1 aliphatic rings. The third-order valence-corrected chi connectivity index (χ3v) is 3.55. The van der Waals surface area contributed by atoms with Gasteiger partial charge in [-0.1, -0.05) is 20.4 Å². The Balaban J connectivity index is 2.59. The molecular weight excluding hydrogens is 232 g/mol. The van der Waals surface area contributed by atoms with E-state index in [9.17, 15) is 8.78 Å². The molecule has 0 aromatic heterocycles. The first kappa shape index (κ1) is 13.1. The second-order valence-electron chi connectivity index (χ2n) is 5.44. The highest BCUT2D eigenvalue weighted by molar-refractivity contribution is 5.70. The summed E-state index contributed by atoms with van der Waals surface area (Å²) in [7, 11) is 0. The molecule has 18 heavy (non-hydrogen) atoms. The van der Waals surface area contributed by atoms with Crippen molar-refractivity contribution in [1.29, 1.82) is 0 Å². The summed E-state index contributed by atoms with van der Waals surface area (Å²) in [6, 6.07) is 1.50. The van der Waals surface area contributed by atoms with E-state index in [1.807, 2.05) is 32.6 Å². The lowest BCUT2D eigenvalue weighted by atomic mass is 9.96. The van der Waals surface area contributed by atoms with Crippen molar-refractivity contribution in [2.75, 3.05) is 0 Å². The maximum atomic E-state index is 14.4. The molecule has 98 valence electrons. The molecule has 0 saturated carbocycles. The van der Waals surface area contributed by atoms with Crippen molar-refractivity contribution in [2.24, 2.45) is 0 Å². The molecule has 1 aromatic rings. The van der Waals surface area contributed by atoms with Gasteiger partial charge in [0.2, 0.25) is 0 Å². The molecule has 0 bridgehead atoms. The molecule has 0 spiro atoms. The Morgan fingerprint density at radius 1 is 1.22 bits per heavy atom. The van der Waals surface area contributed by atoms with Crippen LogP contribution in [-0.4, -0.2) is 10.9 Å². The molecule has 0 aliphatic carbocycles. The van der Waals surface area contributed by atoms with E-state index in [1.54, 1.807) is 0 Å². The van der Waals surface area contributed by atoms with Crippen LogP contribution in [-0.2, 0) is 6.54 Å². The first-order valence-corrected chi connectivity index (χ1v) is 6.31. The summed E-state index contributed by atoms with van der Waals surface area (Å²) in [5.74, 6) is -0.653. The van der Waals surface area contributed by atoms with Gasteiger partial charge in [0.05, 0.1) is 0 Å². The fourth-order valence-electron chi connectivity index (χ4n) is 2.48. The highest BCUT2D eigenvalue weighted by atomic mass is 19.1. The van der Waals surface area contributed by atoms with Crippen molar-refractivity contribution in [3.8, 4) is 0 Å². The molecule has 1 aliphatic heterocycles. The van der Waals surface area contributed by atoms with Crippen molar-refractivity contribution in [1.82, 2.24) is 4.90 Å². The van der Waals surface area contributed by atoms with Crippen LogP contribution in [0, 0.1) is 11.6 Å². The van der Waals surface area contributed by atoms with Gasteiger partial charge >= 0.3 is 0 Å². The number of benzene rings is 1. The van der Waals surface area contributed by atoms with Crippen molar-refractivity contribution >= 4 is 5.70 Å². The fourth-order valence-corrected chi connectivity index (χ4v) is 2.48. The number of hydrogen-bond donors (Lipinski definition) is 0. The Labute approximate surface area is 107 Å². The Hall–Kier alpha value is -1.38. The monoisotopic (exact) mass is 251 g/mol. The molecule has 1 heterocycles. The van der Waals surface area contributed by atoms with Gasteiger partial charge in [0.1, 0.15) is 11.6 Å². The molecule has 0 N–H and O–H groups in total. The SMILES string of the molecule is C=C1c2c(F)cc(C(C)C)c(F)c2CN1C(C)C. The van der Waals surface area contributed by atoms with Gasteiger partial charge < -0.3 is 4.90 Å². The zero-order valence-corrected chi connectivity index (χ0v) is 11.3. The molecule has 0 saturated heterocycles. The summed E-state index contributed by atoms with van der Waals surface area (Å²) in [5, 5.41) is 0. The summed E-state index contributed by atoms with van der Waals surface area (Å²) in [5.41, 5.74) is 1.85. The Morgan fingerprint density at radius 3 is 2.33 bits per heavy atom. The van der Waals surface area contributed by atoms with Crippen LogP contribution < -0.4 is 0 Å². The van der Waals surface area contributed by atoms with E-state index < -0.39 is 0 Å². The number of hydrogen-bond acceptors (Lipinski definition) is 1. The number of halogens is 2. The summed E-state index contributed by atoms with van der Waals surface area (Å²) < 4.78 is 28.5. The number of fused-ring (bicyclic) bond motifs is 1. The zero-order chi connectivity index (χ0) is 13.6. The van der Waals surface area contributed by atoms with E-state index in [4.69, 9.17) is 0 Å². The van der Waals surface area contributed by atoms with Gasteiger partial charge in [-0.3, -0.25) is 0 Å². The van der Waals surface area contributed by atoms with Crippen LogP contribution in [0.15, 0.2) is 12.6 Å². The van der Waals surface area contributed by atoms with Gasteiger partial charge in [0.25, 0.3) is 0 Å². The third-order valence-electron chi connectivity index (χ3n) is 3.55. The van der Waals surface area contributed by atoms with E-state index in [0.29, 0.717) is 28.9 Å². The van der Waals surface area contributed by atoms with Crippen LogP contribution in [0.4, 0.5) is 8.78 Å². The summed E-state index contributed by atoms with van der Waals surface area (Å²) in [6.45, 7) is 12.0. The Morgan fingerprint density at radius 2 is 1.83 bits per heavy atom. The van der Waals surface area contributed by atoms with Crippen molar-refractivity contribution in [2.45, 2.75) is 46.2 Å². The maximum Gasteiger partial charge on any atom is 0.133 e. The smallest absolute Gasteiger partial charge is 0.133 e. The lowest BCUT2D eigenvalue weighted by molar-refractivity contribution is 0.335. The van der Waals surface area contributed by atoms with Gasteiger partial charge in [0.15, 0.2) is 0 Å². The van der Waals surface area contributed by atoms with E-state index >= 15 is 0 Å². The molecule has 0 atom stereocenters. The summed E-state index contributed by atoms with van der Waals surface area (Å²) in [6.07, 6.45) is 0. The summed E-state index contributed by atoms with van der Waals surface area (Å²) >= 11 is 0. The quantitative estimate of drug-likeness (QED) is 0.758. The van der Waals surface area contributed by atoms with Gasteiger partial charge in [-0.2, -0.15) is 0 Å². The van der Waals surface area contributed by atoms with Gasteiger partial charge in [-0.25, -0.2) is 8.78 Å². The van der Waals surface area contributed by atoms with Crippen LogP contribution in [0.25, 0.3) is 5.70 Å². The molecule has 2 rings (SSSR count). The van der Waals surface area contributed by atoms with Gasteiger partial charge in [0, 0.05) is 29.4 Å². The largest absolute Gasteiger partial charge is 0.365 e. The van der Waals surface area contributed by atoms with E-state index in [-0.39, 0.29) is 23.6 Å². The summed E-state index contributed by atoms with van der Waals surface area (Å²) in [4.78, 5) is 1.93. The molecule has 1 nitrogen and oxygen atoms in total. The minimum Gasteiger partial charge on any atom is -0.365 e. The predicted molar refractivity (Wildman–Crippen MR) is 70.2 cm³/mol. The molecule has 0 fully saturated rings. The van der Waals surface area contributed by atoms with E-state index in [2.05, 4.69) is 6.58 Å². The fraction of sp³-hybridized carbons (Fsp3) is 0.467. The standard InChI is InChI=1S/C15H19F2N/c1-8(2)11-6-13(16)14-10(5)18(9(3)4)7-12(14)15(11)17/h6,8-9H,5,7H2,1-4H3. The zero-order valence-electron chi connectivity index (χ0n) is 11.3. The molecule has 0 radical (unpaired) electrons. The lowest BCUT2D eigenvalue weighted by Gasteiger charge is -2.23. The lowest BCUT2D eigenvalue weighted by Crippen LogP contribution is -2.23. The molecule has 1 aromatic carbocycles. The van der Waals surface area contributed by atoms with Crippen molar-refractivity contribution < 1.29 is 8.78 Å². The maximum absolute atomic E-state index is 14.4. The Kier molecular flexibility index (Phi) is 3.18. The van der Waals surface area contributed by atoms with Crippen LogP contribution in [0.3, 0.4) is 0 Å². The van der Waals surface area contributed by atoms with Crippen LogP contribution >= 0.6 is 0 Å². The van der Waals surface area contributed by atoms with Crippen molar-refractivity contribution in [3.63, 3.8) is 0 Å². The Bertz CT molecular complexity index is 504. The van der Waals surface area contributed by atoms with Gasteiger partial charge in [-0.05, 0) is 31.4 Å². The first-order valence-electron chi connectivity index (χ1n) is 6.31. The minimum atomic E-state index is -0.358.